The Morgan fingerprint density at radius 3 is 2.53 bits per heavy atom. The van der Waals surface area contributed by atoms with E-state index in [0.717, 1.165) is 25.9 Å². The highest BCUT2D eigenvalue weighted by molar-refractivity contribution is 7.89. The number of rotatable bonds is 6. The van der Waals surface area contributed by atoms with Crippen LogP contribution in [-0.4, -0.2) is 71.7 Å². The number of amides is 1. The normalized spacial score (nSPS) is 21.6. The van der Waals surface area contributed by atoms with Crippen molar-refractivity contribution in [2.45, 2.75) is 56.1 Å². The maximum absolute atomic E-state index is 13.0. The van der Waals surface area contributed by atoms with Gasteiger partial charge >= 0.3 is 0 Å². The van der Waals surface area contributed by atoms with Crippen LogP contribution < -0.4 is 4.72 Å². The van der Waals surface area contributed by atoms with Gasteiger partial charge in [-0.05, 0) is 57.4 Å². The molecular weight excluding hydrogens is 402 g/mol. The van der Waals surface area contributed by atoms with E-state index in [1.54, 1.807) is 41.3 Å². The molecule has 0 radical (unpaired) electrons. The molecule has 0 aliphatic carbocycles. The van der Waals surface area contributed by atoms with E-state index >= 15 is 0 Å². The van der Waals surface area contributed by atoms with Gasteiger partial charge in [-0.1, -0.05) is 6.07 Å². The zero-order valence-corrected chi connectivity index (χ0v) is 18.3. The van der Waals surface area contributed by atoms with Gasteiger partial charge in [-0.3, -0.25) is 4.79 Å². The topological polar surface area (TPSA) is 87.5 Å². The number of nitrogens with one attached hydrogen (secondary N) is 1. The lowest BCUT2D eigenvalue weighted by Gasteiger charge is -2.38. The summed E-state index contributed by atoms with van der Waals surface area (Å²) in [6.07, 6.45) is 5.77. The summed E-state index contributed by atoms with van der Waals surface area (Å²) >= 11 is 0. The minimum absolute atomic E-state index is 0.107. The summed E-state index contributed by atoms with van der Waals surface area (Å²) in [6, 6.07) is 8.35. The fraction of sp³-hybridized carbons (Fsp3) is 0.524. The molecule has 1 amide bonds. The van der Waals surface area contributed by atoms with E-state index in [1.165, 1.54) is 6.07 Å². The lowest BCUT2D eigenvalue weighted by Crippen LogP contribution is -2.49. The Bertz CT molecular complexity index is 982. The van der Waals surface area contributed by atoms with Gasteiger partial charge in [0.05, 0.1) is 10.6 Å². The van der Waals surface area contributed by atoms with Crippen LogP contribution in [0.15, 0.2) is 47.6 Å². The first-order valence-corrected chi connectivity index (χ1v) is 12.0. The second kappa shape index (κ2) is 8.49. The Morgan fingerprint density at radius 1 is 1.10 bits per heavy atom. The summed E-state index contributed by atoms with van der Waals surface area (Å²) in [6.45, 7) is 6.93. The van der Waals surface area contributed by atoms with Crippen molar-refractivity contribution in [1.82, 2.24) is 24.3 Å². The van der Waals surface area contributed by atoms with Crippen LogP contribution in [0.1, 0.15) is 33.1 Å². The van der Waals surface area contributed by atoms with Gasteiger partial charge in [-0.25, -0.2) is 13.1 Å². The van der Waals surface area contributed by atoms with Crippen LogP contribution in [-0.2, 0) is 14.8 Å². The van der Waals surface area contributed by atoms with E-state index in [2.05, 4.69) is 28.6 Å². The average molecular weight is 432 g/mol. The minimum atomic E-state index is -3.81. The first-order chi connectivity index (χ1) is 14.3. The molecule has 2 fully saturated rings. The average Bonchev–Trinajstić information content (AvgIpc) is 3.39. The highest BCUT2D eigenvalue weighted by Gasteiger charge is 2.39. The van der Waals surface area contributed by atoms with Gasteiger partial charge in [0.2, 0.25) is 15.9 Å². The Kier molecular flexibility index (Phi) is 5.95. The molecule has 2 aliphatic heterocycles. The van der Waals surface area contributed by atoms with Gasteiger partial charge < -0.3 is 9.80 Å². The van der Waals surface area contributed by atoms with Crippen LogP contribution in [0.3, 0.4) is 0 Å². The number of carbonyl (C=O) groups excluding carboxylic acids is 1. The molecule has 0 spiro atoms. The van der Waals surface area contributed by atoms with Gasteiger partial charge in [0.25, 0.3) is 0 Å². The first kappa shape index (κ1) is 21.0. The molecule has 4 rings (SSSR count). The van der Waals surface area contributed by atoms with Crippen molar-refractivity contribution < 1.29 is 13.2 Å². The molecule has 30 heavy (non-hydrogen) atoms. The monoisotopic (exact) mass is 431 g/mol. The number of carbonyl (C=O) groups is 1. The molecule has 1 aromatic carbocycles. The van der Waals surface area contributed by atoms with E-state index in [9.17, 15) is 13.2 Å². The van der Waals surface area contributed by atoms with Gasteiger partial charge in [0, 0.05) is 44.1 Å². The summed E-state index contributed by atoms with van der Waals surface area (Å²) in [5, 5.41) is 4.14. The van der Waals surface area contributed by atoms with E-state index in [1.807, 2.05) is 4.90 Å². The SMILES string of the molecule is CC(C)N1CCC(N2CC[C@H](NS(=O)(=O)c3cccc(-n4cccn4)c3)C2=O)CC1. The molecule has 0 unspecified atom stereocenters. The van der Waals surface area contributed by atoms with Gasteiger partial charge in [0.15, 0.2) is 0 Å². The fourth-order valence-corrected chi connectivity index (χ4v) is 5.62. The Balaban J connectivity index is 1.42. The summed E-state index contributed by atoms with van der Waals surface area (Å²) < 4.78 is 30.1. The molecule has 162 valence electrons. The maximum atomic E-state index is 13.0. The number of nitrogens with zero attached hydrogens (tertiary/aromatic N) is 4. The summed E-state index contributed by atoms with van der Waals surface area (Å²) in [4.78, 5) is 17.4. The molecule has 1 aromatic heterocycles. The molecule has 8 nitrogen and oxygen atoms in total. The molecule has 1 N–H and O–H groups in total. The number of benzene rings is 1. The first-order valence-electron chi connectivity index (χ1n) is 10.5. The van der Waals surface area contributed by atoms with Crippen molar-refractivity contribution in [3.05, 3.63) is 42.7 Å². The number of hydrogen-bond acceptors (Lipinski definition) is 5. The highest BCUT2D eigenvalue weighted by atomic mass is 32.2. The quantitative estimate of drug-likeness (QED) is 0.751. The highest BCUT2D eigenvalue weighted by Crippen LogP contribution is 2.24. The lowest BCUT2D eigenvalue weighted by atomic mass is 10.0. The zero-order valence-electron chi connectivity index (χ0n) is 17.4. The van der Waals surface area contributed by atoms with Crippen molar-refractivity contribution >= 4 is 15.9 Å². The van der Waals surface area contributed by atoms with Crippen LogP contribution in [0.5, 0.6) is 0 Å². The molecule has 3 heterocycles. The van der Waals surface area contributed by atoms with Crippen molar-refractivity contribution in [2.24, 2.45) is 0 Å². The van der Waals surface area contributed by atoms with E-state index in [-0.39, 0.29) is 16.8 Å². The lowest BCUT2D eigenvalue weighted by molar-refractivity contribution is -0.131. The molecular formula is C21H29N5O3S. The van der Waals surface area contributed by atoms with E-state index in [4.69, 9.17) is 0 Å². The van der Waals surface area contributed by atoms with Gasteiger partial charge in [-0.2, -0.15) is 9.82 Å². The number of sulfonamides is 1. The predicted molar refractivity (Wildman–Crippen MR) is 114 cm³/mol. The van der Waals surface area contributed by atoms with Crippen molar-refractivity contribution in [2.75, 3.05) is 19.6 Å². The maximum Gasteiger partial charge on any atom is 0.241 e. The smallest absolute Gasteiger partial charge is 0.241 e. The van der Waals surface area contributed by atoms with Gasteiger partial charge in [-0.15, -0.1) is 0 Å². The Morgan fingerprint density at radius 2 is 1.87 bits per heavy atom. The summed E-state index contributed by atoms with van der Waals surface area (Å²) in [5.41, 5.74) is 0.652. The van der Waals surface area contributed by atoms with Crippen molar-refractivity contribution in [3.8, 4) is 5.69 Å². The summed E-state index contributed by atoms with van der Waals surface area (Å²) in [7, 11) is -3.81. The number of piperidine rings is 1. The molecule has 2 saturated heterocycles. The van der Waals surface area contributed by atoms with E-state index < -0.39 is 16.1 Å². The second-order valence-electron chi connectivity index (χ2n) is 8.30. The van der Waals surface area contributed by atoms with Crippen LogP contribution in [0, 0.1) is 0 Å². The Hall–Kier alpha value is -2.23. The standard InChI is InChI=1S/C21H29N5O3S/c1-16(2)24-12-7-17(8-13-24)25-14-9-20(21(25)27)23-30(28,29)19-6-3-5-18(15-19)26-11-4-10-22-26/h3-6,10-11,15-17,20,23H,7-9,12-14H2,1-2H3/t20-/m0/s1. The molecule has 2 aromatic rings. The number of likely N-dealkylation sites (tertiary alicyclic amines) is 2. The molecule has 1 atom stereocenters. The third-order valence-corrected chi connectivity index (χ3v) is 7.57. The molecule has 9 heteroatoms. The minimum Gasteiger partial charge on any atom is -0.338 e. The van der Waals surface area contributed by atoms with E-state index in [0.29, 0.717) is 24.7 Å². The fourth-order valence-electron chi connectivity index (χ4n) is 4.36. The summed E-state index contributed by atoms with van der Waals surface area (Å²) in [5.74, 6) is -0.107. The molecule has 0 bridgehead atoms. The van der Waals surface area contributed by atoms with Crippen molar-refractivity contribution in [3.63, 3.8) is 0 Å². The molecule has 2 aliphatic rings. The molecule has 0 saturated carbocycles. The van der Waals surface area contributed by atoms with Crippen LogP contribution in [0.4, 0.5) is 0 Å². The second-order valence-corrected chi connectivity index (χ2v) is 10.0. The number of aromatic nitrogens is 2. The van der Waals surface area contributed by atoms with Crippen LogP contribution in [0.2, 0.25) is 0 Å². The van der Waals surface area contributed by atoms with Crippen molar-refractivity contribution in [1.29, 1.82) is 0 Å². The largest absolute Gasteiger partial charge is 0.338 e. The third-order valence-electron chi connectivity index (χ3n) is 6.10. The van der Waals surface area contributed by atoms with Gasteiger partial charge in [0.1, 0.15) is 6.04 Å². The third kappa shape index (κ3) is 4.28. The Labute approximate surface area is 177 Å². The predicted octanol–water partition coefficient (Wildman–Crippen LogP) is 1.62. The zero-order chi connectivity index (χ0) is 21.3. The number of hydrogen-bond donors (Lipinski definition) is 1. The van der Waals surface area contributed by atoms with Crippen LogP contribution >= 0.6 is 0 Å². The van der Waals surface area contributed by atoms with Crippen LogP contribution in [0.25, 0.3) is 5.69 Å².